The zero-order chi connectivity index (χ0) is 16.5. The normalized spacial score (nSPS) is 10.2. The smallest absolute Gasteiger partial charge is 0.337 e. The highest BCUT2D eigenvalue weighted by Crippen LogP contribution is 2.28. The first kappa shape index (κ1) is 17.8. The molecule has 0 atom stereocenters. The zero-order valence-electron chi connectivity index (χ0n) is 13.5. The second-order valence-electron chi connectivity index (χ2n) is 4.73. The Morgan fingerprint density at radius 2 is 1.82 bits per heavy atom. The number of rotatable bonds is 8. The molecule has 0 saturated heterocycles. The summed E-state index contributed by atoms with van der Waals surface area (Å²) >= 11 is 0. The van der Waals surface area contributed by atoms with Crippen molar-refractivity contribution < 1.29 is 23.8 Å². The fourth-order valence-corrected chi connectivity index (χ4v) is 1.94. The van der Waals surface area contributed by atoms with E-state index < -0.39 is 5.97 Å². The molecule has 1 amide bonds. The minimum atomic E-state index is -0.462. The third kappa shape index (κ3) is 4.95. The molecule has 0 aliphatic heterocycles. The Labute approximate surface area is 130 Å². The summed E-state index contributed by atoms with van der Waals surface area (Å²) in [6, 6.07) is 4.80. The predicted molar refractivity (Wildman–Crippen MR) is 82.3 cm³/mol. The molecule has 0 aromatic heterocycles. The molecular weight excluding hydrogens is 286 g/mol. The van der Waals surface area contributed by atoms with Crippen molar-refractivity contribution in [2.24, 2.45) is 0 Å². The van der Waals surface area contributed by atoms with E-state index in [-0.39, 0.29) is 18.6 Å². The van der Waals surface area contributed by atoms with Crippen LogP contribution in [0, 0.1) is 0 Å². The Balaban J connectivity index is 2.69. The van der Waals surface area contributed by atoms with E-state index in [0.29, 0.717) is 17.1 Å². The standard InChI is InChI=1S/C16H23NO5/c1-5-12(6-2)17-15(18)10-22-13-8-7-11(16(19)21-4)9-14(13)20-3/h7-9,12H,5-6,10H2,1-4H3,(H,17,18). The molecule has 0 aliphatic carbocycles. The molecule has 0 bridgehead atoms. The molecule has 1 aromatic rings. The van der Waals surface area contributed by atoms with Gasteiger partial charge >= 0.3 is 5.97 Å². The number of methoxy groups -OCH3 is 2. The summed E-state index contributed by atoms with van der Waals surface area (Å²) in [5, 5.41) is 2.88. The Hall–Kier alpha value is -2.24. The molecule has 6 nitrogen and oxygen atoms in total. The van der Waals surface area contributed by atoms with Gasteiger partial charge in [0.15, 0.2) is 18.1 Å². The number of carbonyl (C=O) groups is 2. The van der Waals surface area contributed by atoms with Gasteiger partial charge in [-0.25, -0.2) is 4.79 Å². The lowest BCUT2D eigenvalue weighted by molar-refractivity contribution is -0.123. The summed E-state index contributed by atoms with van der Waals surface area (Å²) in [7, 11) is 2.77. The Morgan fingerprint density at radius 3 is 2.36 bits per heavy atom. The van der Waals surface area contributed by atoms with E-state index in [2.05, 4.69) is 10.1 Å². The van der Waals surface area contributed by atoms with Crippen molar-refractivity contribution in [3.8, 4) is 11.5 Å². The SMILES string of the molecule is CCC(CC)NC(=O)COc1ccc(C(=O)OC)cc1OC. The van der Waals surface area contributed by atoms with Crippen molar-refractivity contribution in [2.75, 3.05) is 20.8 Å². The minimum absolute atomic E-state index is 0.107. The number of amides is 1. The lowest BCUT2D eigenvalue weighted by atomic mass is 10.2. The molecule has 0 unspecified atom stereocenters. The van der Waals surface area contributed by atoms with E-state index in [1.165, 1.54) is 20.3 Å². The van der Waals surface area contributed by atoms with Crippen LogP contribution in [0.15, 0.2) is 18.2 Å². The van der Waals surface area contributed by atoms with Crippen molar-refractivity contribution in [1.29, 1.82) is 0 Å². The van der Waals surface area contributed by atoms with Crippen molar-refractivity contribution in [2.45, 2.75) is 32.7 Å². The fraction of sp³-hybridized carbons (Fsp3) is 0.500. The van der Waals surface area contributed by atoms with Gasteiger partial charge in [-0.2, -0.15) is 0 Å². The molecule has 0 spiro atoms. The van der Waals surface area contributed by atoms with Crippen molar-refractivity contribution in [3.63, 3.8) is 0 Å². The number of hydrogen-bond donors (Lipinski definition) is 1. The van der Waals surface area contributed by atoms with Gasteiger partial charge < -0.3 is 19.5 Å². The van der Waals surface area contributed by atoms with Gasteiger partial charge in [-0.3, -0.25) is 4.79 Å². The van der Waals surface area contributed by atoms with Crippen LogP contribution in [0.25, 0.3) is 0 Å². The van der Waals surface area contributed by atoms with E-state index in [1.807, 2.05) is 13.8 Å². The largest absolute Gasteiger partial charge is 0.493 e. The average Bonchev–Trinajstić information content (AvgIpc) is 2.56. The highest BCUT2D eigenvalue weighted by Gasteiger charge is 2.13. The number of esters is 1. The van der Waals surface area contributed by atoms with Gasteiger partial charge in [-0.1, -0.05) is 13.8 Å². The van der Waals surface area contributed by atoms with Crippen LogP contribution in [0.1, 0.15) is 37.0 Å². The van der Waals surface area contributed by atoms with Crippen LogP contribution < -0.4 is 14.8 Å². The summed E-state index contributed by atoms with van der Waals surface area (Å²) in [6.07, 6.45) is 1.75. The number of nitrogens with one attached hydrogen (secondary N) is 1. The Kier molecular flexibility index (Phi) is 7.22. The van der Waals surface area contributed by atoms with Gasteiger partial charge in [0.05, 0.1) is 19.8 Å². The summed E-state index contributed by atoms with van der Waals surface area (Å²) < 4.78 is 15.3. The van der Waals surface area contributed by atoms with Gasteiger partial charge in [0.25, 0.3) is 5.91 Å². The molecule has 1 rings (SSSR count). The summed E-state index contributed by atoms with van der Waals surface area (Å²) in [5.74, 6) is 0.122. The van der Waals surface area contributed by atoms with Gasteiger partial charge in [-0.15, -0.1) is 0 Å². The minimum Gasteiger partial charge on any atom is -0.493 e. The first-order chi connectivity index (χ1) is 10.5. The summed E-state index contributed by atoms with van der Waals surface area (Å²) in [6.45, 7) is 3.93. The molecular formula is C16H23NO5. The Bertz CT molecular complexity index is 511. The fourth-order valence-electron chi connectivity index (χ4n) is 1.94. The van der Waals surface area contributed by atoms with Crippen LogP contribution in [0.2, 0.25) is 0 Å². The van der Waals surface area contributed by atoms with E-state index in [1.54, 1.807) is 12.1 Å². The molecule has 1 N–H and O–H groups in total. The number of carbonyl (C=O) groups excluding carboxylic acids is 2. The maximum atomic E-state index is 11.8. The van der Waals surface area contributed by atoms with E-state index >= 15 is 0 Å². The number of benzene rings is 1. The van der Waals surface area contributed by atoms with Crippen LogP contribution >= 0.6 is 0 Å². The summed E-state index contributed by atoms with van der Waals surface area (Å²) in [5.41, 5.74) is 0.355. The third-order valence-corrected chi connectivity index (χ3v) is 3.29. The first-order valence-electron chi connectivity index (χ1n) is 7.24. The first-order valence-corrected chi connectivity index (χ1v) is 7.24. The molecule has 22 heavy (non-hydrogen) atoms. The lowest BCUT2D eigenvalue weighted by Gasteiger charge is -2.16. The summed E-state index contributed by atoms with van der Waals surface area (Å²) in [4.78, 5) is 23.3. The maximum absolute atomic E-state index is 11.8. The second kappa shape index (κ2) is 8.92. The van der Waals surface area contributed by atoms with Crippen molar-refractivity contribution in [1.82, 2.24) is 5.32 Å². The van der Waals surface area contributed by atoms with Gasteiger partial charge in [0.1, 0.15) is 0 Å². The molecule has 0 radical (unpaired) electrons. The van der Waals surface area contributed by atoms with E-state index in [9.17, 15) is 9.59 Å². The van der Waals surface area contributed by atoms with Gasteiger partial charge in [0, 0.05) is 6.04 Å². The Morgan fingerprint density at radius 1 is 1.14 bits per heavy atom. The van der Waals surface area contributed by atoms with E-state index in [0.717, 1.165) is 12.8 Å². The predicted octanol–water partition coefficient (Wildman–Crippen LogP) is 2.17. The number of hydrogen-bond acceptors (Lipinski definition) is 5. The zero-order valence-corrected chi connectivity index (χ0v) is 13.5. The van der Waals surface area contributed by atoms with Crippen LogP contribution in [0.3, 0.4) is 0 Å². The van der Waals surface area contributed by atoms with Gasteiger partial charge in [0.2, 0.25) is 0 Å². The molecule has 0 heterocycles. The van der Waals surface area contributed by atoms with Crippen LogP contribution in [0.4, 0.5) is 0 Å². The maximum Gasteiger partial charge on any atom is 0.337 e. The topological polar surface area (TPSA) is 73.9 Å². The third-order valence-electron chi connectivity index (χ3n) is 3.29. The molecule has 6 heteroatoms. The number of ether oxygens (including phenoxy) is 3. The molecule has 122 valence electrons. The van der Waals surface area contributed by atoms with Crippen LogP contribution in [-0.2, 0) is 9.53 Å². The monoisotopic (exact) mass is 309 g/mol. The lowest BCUT2D eigenvalue weighted by Crippen LogP contribution is -2.37. The highest BCUT2D eigenvalue weighted by atomic mass is 16.5. The quantitative estimate of drug-likeness (QED) is 0.745. The van der Waals surface area contributed by atoms with Crippen LogP contribution in [0.5, 0.6) is 11.5 Å². The van der Waals surface area contributed by atoms with E-state index in [4.69, 9.17) is 9.47 Å². The van der Waals surface area contributed by atoms with Crippen molar-refractivity contribution >= 4 is 11.9 Å². The molecule has 1 aromatic carbocycles. The second-order valence-corrected chi connectivity index (χ2v) is 4.73. The molecule has 0 saturated carbocycles. The molecule has 0 aliphatic rings. The van der Waals surface area contributed by atoms with Crippen LogP contribution in [-0.4, -0.2) is 38.7 Å². The highest BCUT2D eigenvalue weighted by molar-refractivity contribution is 5.90. The molecule has 0 fully saturated rings. The average molecular weight is 309 g/mol. The van der Waals surface area contributed by atoms with Gasteiger partial charge in [-0.05, 0) is 31.0 Å². The van der Waals surface area contributed by atoms with Crippen molar-refractivity contribution in [3.05, 3.63) is 23.8 Å².